The number of carbonyl (C=O) groups is 1. The highest BCUT2D eigenvalue weighted by Gasteiger charge is 2.15. The molecule has 0 aromatic carbocycles. The van der Waals surface area contributed by atoms with Crippen LogP contribution in [0.25, 0.3) is 0 Å². The minimum atomic E-state index is -0.177. The first kappa shape index (κ1) is 16.7. The smallest absolute Gasteiger partial charge is 0.265 e. The van der Waals surface area contributed by atoms with E-state index in [-0.39, 0.29) is 11.7 Å². The topological polar surface area (TPSA) is 92.5 Å². The van der Waals surface area contributed by atoms with E-state index in [9.17, 15) is 4.79 Å². The van der Waals surface area contributed by atoms with Gasteiger partial charge >= 0.3 is 0 Å². The minimum absolute atomic E-state index is 0.177. The number of hydrogen-bond acceptors (Lipinski definition) is 7. The first-order chi connectivity index (χ1) is 9.58. The summed E-state index contributed by atoms with van der Waals surface area (Å²) in [6.45, 7) is 5.62. The second kappa shape index (κ2) is 8.72. The lowest BCUT2D eigenvalue weighted by molar-refractivity contribution is 0.0955. The van der Waals surface area contributed by atoms with Gasteiger partial charge < -0.3 is 26.0 Å². The zero-order valence-corrected chi connectivity index (χ0v) is 13.0. The van der Waals surface area contributed by atoms with Crippen LogP contribution in [0.5, 0.6) is 0 Å². The van der Waals surface area contributed by atoms with E-state index in [0.717, 1.165) is 13.1 Å². The van der Waals surface area contributed by atoms with Crippen LogP contribution in [0.1, 0.15) is 16.6 Å². The van der Waals surface area contributed by atoms with Gasteiger partial charge in [0.2, 0.25) is 0 Å². The van der Waals surface area contributed by atoms with Crippen LogP contribution in [0, 0.1) is 0 Å². The number of likely N-dealkylation sites (N-methyl/N-ethyl adjacent to an activating group) is 1. The highest BCUT2D eigenvalue weighted by atomic mass is 32.1. The molecule has 4 N–H and O–H groups in total. The average molecular weight is 301 g/mol. The summed E-state index contributed by atoms with van der Waals surface area (Å²) in [7, 11) is 3.63. The second-order valence-electron chi connectivity index (χ2n) is 4.30. The van der Waals surface area contributed by atoms with Gasteiger partial charge in [0.1, 0.15) is 10.7 Å². The number of nitrogens with zero attached hydrogens (tertiary/aromatic N) is 2. The molecule has 0 unspecified atom stereocenters. The Bertz CT molecular complexity index is 424. The molecule has 114 valence electrons. The van der Waals surface area contributed by atoms with Gasteiger partial charge in [-0.25, -0.2) is 4.98 Å². The lowest BCUT2D eigenvalue weighted by atomic mass is 10.4. The van der Waals surface area contributed by atoms with Crippen molar-refractivity contribution in [3.05, 3.63) is 4.88 Å². The van der Waals surface area contributed by atoms with Crippen LogP contribution in [0.4, 0.5) is 10.9 Å². The summed E-state index contributed by atoms with van der Waals surface area (Å²) in [4.78, 5) is 18.7. The number of aromatic nitrogens is 1. The normalized spacial score (nSPS) is 10.8. The number of hydrogen-bond donors (Lipinski definition) is 3. The number of nitrogens with two attached hydrogens (primary N) is 1. The molecule has 8 heteroatoms. The molecule has 0 spiro atoms. The molecular formula is C12H23N5O2S. The predicted molar refractivity (Wildman–Crippen MR) is 82.4 cm³/mol. The molecule has 0 saturated heterocycles. The van der Waals surface area contributed by atoms with Gasteiger partial charge in [0, 0.05) is 26.7 Å². The van der Waals surface area contributed by atoms with Gasteiger partial charge in [0.25, 0.3) is 5.91 Å². The lowest BCUT2D eigenvalue weighted by Crippen LogP contribution is -2.32. The highest BCUT2D eigenvalue weighted by Crippen LogP contribution is 2.24. The fraction of sp³-hybridized carbons (Fsp3) is 0.667. The maximum atomic E-state index is 12.0. The van der Waals surface area contributed by atoms with Crippen LogP contribution in [0.15, 0.2) is 0 Å². The highest BCUT2D eigenvalue weighted by molar-refractivity contribution is 7.18. The summed E-state index contributed by atoms with van der Waals surface area (Å²) < 4.78 is 4.93. The Morgan fingerprint density at radius 3 is 2.90 bits per heavy atom. The van der Waals surface area contributed by atoms with E-state index in [1.54, 1.807) is 7.11 Å². The van der Waals surface area contributed by atoms with E-state index in [2.05, 4.69) is 27.4 Å². The van der Waals surface area contributed by atoms with E-state index >= 15 is 0 Å². The molecule has 0 fully saturated rings. The van der Waals surface area contributed by atoms with Crippen LogP contribution < -0.4 is 16.4 Å². The summed E-state index contributed by atoms with van der Waals surface area (Å²) in [5.74, 6) is 0.0838. The molecule has 0 bridgehead atoms. The summed E-state index contributed by atoms with van der Waals surface area (Å²) in [6, 6.07) is 0. The molecule has 0 atom stereocenters. The number of carbonyl (C=O) groups excluding carboxylic acids is 1. The molecule has 1 amide bonds. The third-order valence-electron chi connectivity index (χ3n) is 2.76. The first-order valence-corrected chi connectivity index (χ1v) is 7.36. The third kappa shape index (κ3) is 5.32. The van der Waals surface area contributed by atoms with Crippen LogP contribution in [-0.4, -0.2) is 62.7 Å². The van der Waals surface area contributed by atoms with Gasteiger partial charge in [-0.3, -0.25) is 4.79 Å². The van der Waals surface area contributed by atoms with Crippen molar-refractivity contribution in [2.75, 3.05) is 58.0 Å². The predicted octanol–water partition coefficient (Wildman–Crippen LogP) is 0.465. The summed E-state index contributed by atoms with van der Waals surface area (Å²) >= 11 is 1.25. The number of nitrogens with one attached hydrogen (secondary N) is 2. The van der Waals surface area contributed by atoms with Gasteiger partial charge in [-0.05, 0) is 13.6 Å². The van der Waals surface area contributed by atoms with Crippen molar-refractivity contribution in [2.45, 2.75) is 6.92 Å². The lowest BCUT2D eigenvalue weighted by Gasteiger charge is -2.13. The molecule has 0 aliphatic heterocycles. The number of nitrogen functional groups attached to an aromatic ring is 1. The molecule has 0 radical (unpaired) electrons. The SMILES string of the molecule is CCN(C)CCNC(=O)c1sc(NCCOC)nc1N. The molecule has 0 aliphatic carbocycles. The Morgan fingerprint density at radius 2 is 2.25 bits per heavy atom. The van der Waals surface area contributed by atoms with E-state index in [4.69, 9.17) is 10.5 Å². The number of ether oxygens (including phenoxy) is 1. The molecule has 0 aliphatic rings. The Balaban J connectivity index is 2.47. The molecule has 1 heterocycles. The van der Waals surface area contributed by atoms with Gasteiger partial charge in [-0.15, -0.1) is 0 Å². The van der Waals surface area contributed by atoms with E-state index in [1.807, 2.05) is 7.05 Å². The van der Waals surface area contributed by atoms with Crippen molar-refractivity contribution < 1.29 is 9.53 Å². The molecule has 20 heavy (non-hydrogen) atoms. The van der Waals surface area contributed by atoms with Gasteiger partial charge in [-0.1, -0.05) is 18.3 Å². The zero-order chi connectivity index (χ0) is 15.0. The number of thiazole rings is 1. The van der Waals surface area contributed by atoms with Gasteiger partial charge in [0.05, 0.1) is 6.61 Å². The summed E-state index contributed by atoms with van der Waals surface area (Å²) in [5, 5.41) is 6.54. The largest absolute Gasteiger partial charge is 0.383 e. The van der Waals surface area contributed by atoms with Crippen molar-refractivity contribution in [3.63, 3.8) is 0 Å². The van der Waals surface area contributed by atoms with Gasteiger partial charge in [-0.2, -0.15) is 0 Å². The van der Waals surface area contributed by atoms with Crippen LogP contribution in [-0.2, 0) is 4.74 Å². The van der Waals surface area contributed by atoms with E-state index in [0.29, 0.717) is 29.7 Å². The first-order valence-electron chi connectivity index (χ1n) is 6.54. The molecule has 1 aromatic heterocycles. The number of anilines is 2. The second-order valence-corrected chi connectivity index (χ2v) is 5.30. The Labute approximate surface area is 123 Å². The Morgan fingerprint density at radius 1 is 1.50 bits per heavy atom. The Hall–Kier alpha value is -1.38. The maximum absolute atomic E-state index is 12.0. The molecular weight excluding hydrogens is 278 g/mol. The number of methoxy groups -OCH3 is 1. The zero-order valence-electron chi connectivity index (χ0n) is 12.2. The van der Waals surface area contributed by atoms with Crippen molar-refractivity contribution in [3.8, 4) is 0 Å². The quantitative estimate of drug-likeness (QED) is 0.574. The molecule has 7 nitrogen and oxygen atoms in total. The molecule has 0 saturated carbocycles. The fourth-order valence-electron chi connectivity index (χ4n) is 1.43. The average Bonchev–Trinajstić information content (AvgIpc) is 2.80. The summed E-state index contributed by atoms with van der Waals surface area (Å²) in [5.41, 5.74) is 5.76. The van der Waals surface area contributed by atoms with Crippen LogP contribution in [0.2, 0.25) is 0 Å². The monoisotopic (exact) mass is 301 g/mol. The van der Waals surface area contributed by atoms with Crippen molar-refractivity contribution in [1.29, 1.82) is 0 Å². The fourth-order valence-corrected chi connectivity index (χ4v) is 2.26. The third-order valence-corrected chi connectivity index (χ3v) is 3.79. The molecule has 1 rings (SSSR count). The van der Waals surface area contributed by atoms with E-state index in [1.165, 1.54) is 11.3 Å². The number of amides is 1. The van der Waals surface area contributed by atoms with Crippen LogP contribution in [0.3, 0.4) is 0 Å². The standard InChI is InChI=1S/C12H23N5O2S/c1-4-17(2)7-5-14-11(18)9-10(13)16-12(20-9)15-6-8-19-3/h4-8,13H2,1-3H3,(H,14,18)(H,15,16). The molecule has 1 aromatic rings. The maximum Gasteiger partial charge on any atom is 0.265 e. The summed E-state index contributed by atoms with van der Waals surface area (Å²) in [6.07, 6.45) is 0. The van der Waals surface area contributed by atoms with Crippen LogP contribution >= 0.6 is 11.3 Å². The van der Waals surface area contributed by atoms with Crippen molar-refractivity contribution in [1.82, 2.24) is 15.2 Å². The minimum Gasteiger partial charge on any atom is -0.383 e. The van der Waals surface area contributed by atoms with Crippen molar-refractivity contribution in [2.24, 2.45) is 0 Å². The number of rotatable bonds is 9. The van der Waals surface area contributed by atoms with Gasteiger partial charge in [0.15, 0.2) is 5.13 Å². The van der Waals surface area contributed by atoms with E-state index < -0.39 is 0 Å². The van der Waals surface area contributed by atoms with Crippen molar-refractivity contribution >= 4 is 28.2 Å². The Kier molecular flexibility index (Phi) is 7.27.